The third kappa shape index (κ3) is 6.07. The van der Waals surface area contributed by atoms with E-state index in [0.29, 0.717) is 11.4 Å². The Balaban J connectivity index is 1.24. The second-order valence-corrected chi connectivity index (χ2v) is 8.83. The van der Waals surface area contributed by atoms with Crippen molar-refractivity contribution in [2.45, 2.75) is 25.3 Å². The third-order valence-corrected chi connectivity index (χ3v) is 6.16. The number of anilines is 2. The minimum absolute atomic E-state index is 0.0425. The van der Waals surface area contributed by atoms with Crippen LogP contribution in [-0.2, 0) is 38.2 Å². The zero-order valence-corrected chi connectivity index (χ0v) is 19.8. The molecule has 2 aliphatic heterocycles. The Kier molecular flexibility index (Phi) is 7.73. The largest absolute Gasteiger partial charge is 0.393 e. The third-order valence-electron chi connectivity index (χ3n) is 6.16. The number of hydrogen-bond donors (Lipinski definition) is 1. The Hall–Kier alpha value is -4.38. The van der Waals surface area contributed by atoms with Crippen LogP contribution in [-0.4, -0.2) is 54.8 Å². The number of nitrogens with two attached hydrogens (primary N) is 1. The van der Waals surface area contributed by atoms with Crippen molar-refractivity contribution >= 4 is 47.1 Å². The molecule has 4 rings (SSSR count). The molecule has 2 heterocycles. The molecule has 2 N–H and O–H groups in total. The molecule has 2 saturated heterocycles. The molecule has 0 spiro atoms. The predicted molar refractivity (Wildman–Crippen MR) is 129 cm³/mol. The van der Waals surface area contributed by atoms with Gasteiger partial charge in [-0.25, -0.2) is 4.79 Å². The highest BCUT2D eigenvalue weighted by Crippen LogP contribution is 2.27. The number of ether oxygens (including phenoxy) is 2. The molecule has 0 saturated carbocycles. The van der Waals surface area contributed by atoms with Gasteiger partial charge in [-0.1, -0.05) is 36.4 Å². The minimum Gasteiger partial charge on any atom is -0.393 e. The Morgan fingerprint density at radius 3 is 1.65 bits per heavy atom. The highest BCUT2D eigenvalue weighted by Gasteiger charge is 2.39. The van der Waals surface area contributed by atoms with Gasteiger partial charge in [0.15, 0.2) is 0 Å². The van der Waals surface area contributed by atoms with Crippen LogP contribution in [0.3, 0.4) is 0 Å². The van der Waals surface area contributed by atoms with Gasteiger partial charge in [-0.3, -0.25) is 24.0 Å². The number of rotatable bonds is 7. The topological polar surface area (TPSA) is 153 Å². The van der Waals surface area contributed by atoms with Gasteiger partial charge in [0.05, 0.1) is 18.3 Å². The fraction of sp³-hybridized carbons (Fsp3) is 0.308. The molecule has 0 radical (unpaired) electrons. The van der Waals surface area contributed by atoms with Crippen LogP contribution in [0.4, 0.5) is 11.4 Å². The molecule has 0 aliphatic carbocycles. The van der Waals surface area contributed by atoms with Crippen molar-refractivity contribution < 1.29 is 38.2 Å². The van der Waals surface area contributed by atoms with Crippen LogP contribution in [0.25, 0.3) is 0 Å². The van der Waals surface area contributed by atoms with Crippen LogP contribution in [0, 0.1) is 11.8 Å². The number of esters is 4. The van der Waals surface area contributed by atoms with Gasteiger partial charge in [-0.05, 0) is 24.3 Å². The maximum atomic E-state index is 12.4. The quantitative estimate of drug-likeness (QED) is 0.426. The van der Waals surface area contributed by atoms with Crippen LogP contribution in [0.15, 0.2) is 60.7 Å². The first kappa shape index (κ1) is 25.7. The van der Waals surface area contributed by atoms with Gasteiger partial charge >= 0.3 is 23.9 Å². The van der Waals surface area contributed by atoms with Crippen LogP contribution in [0.2, 0.25) is 0 Å². The number of benzene rings is 2. The summed E-state index contributed by atoms with van der Waals surface area (Å²) in [7, 11) is 0. The first-order chi connectivity index (χ1) is 17.7. The molecule has 192 valence electrons. The van der Waals surface area contributed by atoms with Crippen LogP contribution < -0.4 is 15.5 Å². The van der Waals surface area contributed by atoms with Crippen molar-refractivity contribution in [2.24, 2.45) is 17.6 Å². The van der Waals surface area contributed by atoms with Crippen molar-refractivity contribution in [1.82, 2.24) is 0 Å². The van der Waals surface area contributed by atoms with E-state index in [2.05, 4.69) is 0 Å². The summed E-state index contributed by atoms with van der Waals surface area (Å²) in [4.78, 5) is 76.6. The summed E-state index contributed by atoms with van der Waals surface area (Å²) in [6.45, 7) is 0.0957. The van der Waals surface area contributed by atoms with Gasteiger partial charge in [0, 0.05) is 37.3 Å². The summed E-state index contributed by atoms with van der Waals surface area (Å²) in [6, 6.07) is 15.9. The maximum Gasteiger partial charge on any atom is 0.331 e. The lowest BCUT2D eigenvalue weighted by Crippen LogP contribution is -2.38. The molecule has 3 atom stereocenters. The van der Waals surface area contributed by atoms with E-state index in [9.17, 15) is 28.8 Å². The molecule has 11 heteroatoms. The van der Waals surface area contributed by atoms with E-state index >= 15 is 0 Å². The molecule has 2 fully saturated rings. The molecule has 2 aromatic rings. The number of nitrogens with zero attached hydrogens (tertiary/aromatic N) is 2. The van der Waals surface area contributed by atoms with E-state index in [-0.39, 0.29) is 37.7 Å². The average Bonchev–Trinajstić information content (AvgIpc) is 3.47. The summed E-state index contributed by atoms with van der Waals surface area (Å²) < 4.78 is 9.57. The lowest BCUT2D eigenvalue weighted by Gasteiger charge is -2.16. The second-order valence-electron chi connectivity index (χ2n) is 8.83. The van der Waals surface area contributed by atoms with E-state index in [1.165, 1.54) is 9.80 Å². The molecule has 37 heavy (non-hydrogen) atoms. The molecule has 2 unspecified atom stereocenters. The Labute approximate surface area is 212 Å². The highest BCUT2D eigenvalue weighted by molar-refractivity contribution is 6.02. The van der Waals surface area contributed by atoms with Crippen molar-refractivity contribution in [2.75, 3.05) is 22.9 Å². The number of hydrogen-bond acceptors (Lipinski definition) is 9. The standard InChI is InChI=1S/C26H25N3O8/c27-20(26(35)37-25(34)17-12-22(31)29(15-17)19-9-5-2-6-10-19)13-23(32)36-24(33)16-11-21(30)28(14-16)18-7-3-1-4-8-18/h1-10,16-17,20H,11-15,27H2/t16?,17?,20-/m0/s1. The number of para-hydroxylation sites is 2. The zero-order chi connectivity index (χ0) is 26.5. The molecule has 0 aromatic heterocycles. The first-order valence-corrected chi connectivity index (χ1v) is 11.7. The molecular formula is C26H25N3O8. The predicted octanol–water partition coefficient (Wildman–Crippen LogP) is 0.950. The molecule has 11 nitrogen and oxygen atoms in total. The fourth-order valence-corrected chi connectivity index (χ4v) is 4.20. The lowest BCUT2D eigenvalue weighted by atomic mass is 10.1. The average molecular weight is 507 g/mol. The van der Waals surface area contributed by atoms with E-state index in [1.807, 2.05) is 0 Å². The van der Waals surface area contributed by atoms with Gasteiger partial charge in [0.2, 0.25) is 11.8 Å². The fourth-order valence-electron chi connectivity index (χ4n) is 4.20. The van der Waals surface area contributed by atoms with Crippen LogP contribution >= 0.6 is 0 Å². The summed E-state index contributed by atoms with van der Waals surface area (Å²) in [5, 5.41) is 0. The SMILES string of the molecule is N[C@@H](CC(=O)OC(=O)C1CC(=O)N(c2ccccc2)C1)C(=O)OC(=O)C1CC(=O)N(c2ccccc2)C1. The summed E-state index contributed by atoms with van der Waals surface area (Å²) in [6.07, 6.45) is -0.961. The summed E-state index contributed by atoms with van der Waals surface area (Å²) in [5.41, 5.74) is 6.93. The minimum atomic E-state index is -1.56. The number of carbonyl (C=O) groups excluding carboxylic acids is 6. The molecular weight excluding hydrogens is 482 g/mol. The molecule has 2 aliphatic rings. The smallest absolute Gasteiger partial charge is 0.331 e. The van der Waals surface area contributed by atoms with Gasteiger partial charge in [0.1, 0.15) is 6.04 Å². The van der Waals surface area contributed by atoms with Gasteiger partial charge in [0.25, 0.3) is 0 Å². The normalized spacial score (nSPS) is 20.0. The van der Waals surface area contributed by atoms with Crippen molar-refractivity contribution in [1.29, 1.82) is 0 Å². The Morgan fingerprint density at radius 2 is 1.19 bits per heavy atom. The summed E-state index contributed by atoms with van der Waals surface area (Å²) >= 11 is 0. The zero-order valence-electron chi connectivity index (χ0n) is 19.8. The van der Waals surface area contributed by atoms with Crippen molar-refractivity contribution in [3.63, 3.8) is 0 Å². The van der Waals surface area contributed by atoms with E-state index in [1.54, 1.807) is 60.7 Å². The van der Waals surface area contributed by atoms with Crippen LogP contribution in [0.1, 0.15) is 19.3 Å². The second kappa shape index (κ2) is 11.1. The Bertz CT molecular complexity index is 1220. The van der Waals surface area contributed by atoms with Gasteiger partial charge in [-0.2, -0.15) is 0 Å². The van der Waals surface area contributed by atoms with E-state index < -0.39 is 48.2 Å². The monoisotopic (exact) mass is 507 g/mol. The van der Waals surface area contributed by atoms with E-state index in [4.69, 9.17) is 15.2 Å². The van der Waals surface area contributed by atoms with Crippen LogP contribution in [0.5, 0.6) is 0 Å². The number of amides is 2. The highest BCUT2D eigenvalue weighted by atomic mass is 16.6. The number of carbonyl (C=O) groups is 6. The van der Waals surface area contributed by atoms with Crippen molar-refractivity contribution in [3.05, 3.63) is 60.7 Å². The first-order valence-electron chi connectivity index (χ1n) is 11.7. The van der Waals surface area contributed by atoms with Gasteiger partial charge in [-0.15, -0.1) is 0 Å². The van der Waals surface area contributed by atoms with E-state index in [0.717, 1.165) is 0 Å². The molecule has 2 amide bonds. The van der Waals surface area contributed by atoms with Crippen molar-refractivity contribution in [3.8, 4) is 0 Å². The molecule has 0 bridgehead atoms. The maximum absolute atomic E-state index is 12.4. The summed E-state index contributed by atoms with van der Waals surface area (Å²) in [5.74, 6) is -6.39. The van der Waals surface area contributed by atoms with Gasteiger partial charge < -0.3 is 25.0 Å². The molecule has 2 aromatic carbocycles. The Morgan fingerprint density at radius 1 is 0.757 bits per heavy atom. The lowest BCUT2D eigenvalue weighted by molar-refractivity contribution is -0.168.